The Kier molecular flexibility index (Phi) is 5.23. The molecule has 8 heteroatoms. The Morgan fingerprint density at radius 1 is 1.04 bits per heavy atom. The standard InChI is InChI=1S/C15H15ClN2O5/c1-3-22-11-7-8(6-10(16)12(11)23-4-2)5-9-13(19)17-15(21)18-14(9)20/h5-7H,3-4H2,1-2H3,(H2,17,18,19,20,21). The van der Waals surface area contributed by atoms with E-state index in [1.54, 1.807) is 12.1 Å². The van der Waals surface area contributed by atoms with E-state index in [9.17, 15) is 14.4 Å². The van der Waals surface area contributed by atoms with Gasteiger partial charge in [-0.3, -0.25) is 20.2 Å². The van der Waals surface area contributed by atoms with E-state index in [1.165, 1.54) is 6.08 Å². The maximum atomic E-state index is 11.7. The number of benzene rings is 1. The second kappa shape index (κ2) is 7.15. The highest BCUT2D eigenvalue weighted by Gasteiger charge is 2.27. The van der Waals surface area contributed by atoms with Crippen LogP contribution in [0.4, 0.5) is 4.79 Å². The van der Waals surface area contributed by atoms with Crippen LogP contribution in [0.3, 0.4) is 0 Å². The summed E-state index contributed by atoms with van der Waals surface area (Å²) in [5.41, 5.74) is 0.267. The third-order valence-corrected chi connectivity index (χ3v) is 3.16. The van der Waals surface area contributed by atoms with E-state index in [4.69, 9.17) is 21.1 Å². The molecule has 23 heavy (non-hydrogen) atoms. The number of hydrogen-bond donors (Lipinski definition) is 2. The lowest BCUT2D eigenvalue weighted by Crippen LogP contribution is -2.51. The van der Waals surface area contributed by atoms with Gasteiger partial charge in [-0.25, -0.2) is 4.79 Å². The number of barbiturate groups is 1. The van der Waals surface area contributed by atoms with Gasteiger partial charge < -0.3 is 9.47 Å². The van der Waals surface area contributed by atoms with E-state index in [0.29, 0.717) is 30.3 Å². The molecule has 1 aliphatic heterocycles. The van der Waals surface area contributed by atoms with Gasteiger partial charge in [0, 0.05) is 0 Å². The maximum Gasteiger partial charge on any atom is 0.328 e. The van der Waals surface area contributed by atoms with Crippen LogP contribution in [0.1, 0.15) is 19.4 Å². The number of imide groups is 2. The Morgan fingerprint density at radius 3 is 2.22 bits per heavy atom. The molecule has 0 atom stereocenters. The minimum atomic E-state index is -0.850. The summed E-state index contributed by atoms with van der Waals surface area (Å²) in [5.74, 6) is -0.754. The Hall–Kier alpha value is -2.54. The Labute approximate surface area is 137 Å². The summed E-state index contributed by atoms with van der Waals surface area (Å²) in [5, 5.41) is 4.29. The molecule has 0 aliphatic carbocycles. The zero-order chi connectivity index (χ0) is 17.0. The Balaban J connectivity index is 2.43. The first-order valence-corrected chi connectivity index (χ1v) is 7.31. The zero-order valence-electron chi connectivity index (χ0n) is 12.6. The first-order chi connectivity index (χ1) is 11.0. The molecule has 2 N–H and O–H groups in total. The average molecular weight is 339 g/mol. The number of hydrogen-bond acceptors (Lipinski definition) is 5. The second-order valence-electron chi connectivity index (χ2n) is 4.49. The Bertz CT molecular complexity index is 677. The minimum absolute atomic E-state index is 0.202. The Morgan fingerprint density at radius 2 is 1.65 bits per heavy atom. The van der Waals surface area contributed by atoms with Crippen LogP contribution in [-0.2, 0) is 9.59 Å². The quantitative estimate of drug-likeness (QED) is 0.631. The first-order valence-electron chi connectivity index (χ1n) is 6.93. The van der Waals surface area contributed by atoms with Crippen LogP contribution < -0.4 is 20.1 Å². The summed E-state index contributed by atoms with van der Waals surface area (Å²) in [7, 11) is 0. The first kappa shape index (κ1) is 16.8. The highest BCUT2D eigenvalue weighted by atomic mass is 35.5. The van der Waals surface area contributed by atoms with Crippen molar-refractivity contribution in [1.82, 2.24) is 10.6 Å². The summed E-state index contributed by atoms with van der Waals surface area (Å²) in [6.45, 7) is 4.43. The molecule has 122 valence electrons. The fraction of sp³-hybridized carbons (Fsp3) is 0.267. The van der Waals surface area contributed by atoms with Crippen LogP contribution in [0.2, 0.25) is 5.02 Å². The molecule has 1 fully saturated rings. The summed E-state index contributed by atoms with van der Waals surface area (Å²) < 4.78 is 10.9. The van der Waals surface area contributed by atoms with Crippen molar-refractivity contribution in [1.29, 1.82) is 0 Å². The predicted octanol–water partition coefficient (Wildman–Crippen LogP) is 1.89. The highest BCUT2D eigenvalue weighted by molar-refractivity contribution is 6.33. The number of carbonyl (C=O) groups is 3. The van der Waals surface area contributed by atoms with Gasteiger partial charge in [-0.05, 0) is 37.6 Å². The van der Waals surface area contributed by atoms with Crippen molar-refractivity contribution in [2.75, 3.05) is 13.2 Å². The van der Waals surface area contributed by atoms with Crippen molar-refractivity contribution < 1.29 is 23.9 Å². The molecule has 7 nitrogen and oxygen atoms in total. The number of rotatable bonds is 5. The molecule has 1 heterocycles. The fourth-order valence-electron chi connectivity index (χ4n) is 1.99. The molecule has 1 saturated heterocycles. The van der Waals surface area contributed by atoms with Gasteiger partial charge in [-0.15, -0.1) is 0 Å². The highest BCUT2D eigenvalue weighted by Crippen LogP contribution is 2.37. The lowest BCUT2D eigenvalue weighted by Gasteiger charge is -2.15. The van der Waals surface area contributed by atoms with E-state index in [1.807, 2.05) is 24.5 Å². The molecule has 0 saturated carbocycles. The molecule has 0 radical (unpaired) electrons. The molecule has 0 unspecified atom stereocenters. The number of urea groups is 1. The average Bonchev–Trinajstić information content (AvgIpc) is 2.47. The van der Waals surface area contributed by atoms with Crippen LogP contribution in [0, 0.1) is 0 Å². The molecule has 1 aromatic carbocycles. The summed E-state index contributed by atoms with van der Waals surface area (Å²) in [4.78, 5) is 34.5. The number of amides is 4. The monoisotopic (exact) mass is 338 g/mol. The van der Waals surface area contributed by atoms with Gasteiger partial charge in [0.15, 0.2) is 11.5 Å². The molecule has 0 spiro atoms. The lowest BCUT2D eigenvalue weighted by atomic mass is 10.1. The summed E-state index contributed by atoms with van der Waals surface area (Å²) in [6, 6.07) is 2.29. The third-order valence-electron chi connectivity index (χ3n) is 2.87. The predicted molar refractivity (Wildman–Crippen MR) is 83.4 cm³/mol. The van der Waals surface area contributed by atoms with Crippen molar-refractivity contribution in [3.8, 4) is 11.5 Å². The number of nitrogens with one attached hydrogen (secondary N) is 2. The molecule has 1 aromatic rings. The van der Waals surface area contributed by atoms with E-state index in [0.717, 1.165) is 0 Å². The van der Waals surface area contributed by atoms with Crippen molar-refractivity contribution in [2.24, 2.45) is 0 Å². The van der Waals surface area contributed by atoms with Crippen molar-refractivity contribution >= 4 is 35.5 Å². The molecule has 1 aliphatic rings. The van der Waals surface area contributed by atoms with Crippen LogP contribution in [0.5, 0.6) is 11.5 Å². The molecule has 4 amide bonds. The van der Waals surface area contributed by atoms with E-state index < -0.39 is 17.8 Å². The summed E-state index contributed by atoms with van der Waals surface area (Å²) >= 11 is 6.17. The number of halogens is 1. The third kappa shape index (κ3) is 3.81. The van der Waals surface area contributed by atoms with Crippen LogP contribution in [0.25, 0.3) is 6.08 Å². The van der Waals surface area contributed by atoms with Gasteiger partial charge in [0.05, 0.1) is 18.2 Å². The minimum Gasteiger partial charge on any atom is -0.490 e. The molecular formula is C15H15ClN2O5. The van der Waals surface area contributed by atoms with E-state index in [2.05, 4.69) is 0 Å². The molecule has 0 bridgehead atoms. The number of ether oxygens (including phenoxy) is 2. The van der Waals surface area contributed by atoms with Gasteiger partial charge in [0.1, 0.15) is 5.57 Å². The van der Waals surface area contributed by atoms with Gasteiger partial charge in [0.2, 0.25) is 0 Å². The van der Waals surface area contributed by atoms with Crippen molar-refractivity contribution in [2.45, 2.75) is 13.8 Å². The van der Waals surface area contributed by atoms with Crippen LogP contribution in [-0.4, -0.2) is 31.1 Å². The molecule has 0 aromatic heterocycles. The van der Waals surface area contributed by atoms with Gasteiger partial charge >= 0.3 is 6.03 Å². The molecule has 2 rings (SSSR count). The smallest absolute Gasteiger partial charge is 0.328 e. The van der Waals surface area contributed by atoms with E-state index in [-0.39, 0.29) is 10.6 Å². The topological polar surface area (TPSA) is 93.7 Å². The van der Waals surface area contributed by atoms with Gasteiger partial charge in [0.25, 0.3) is 11.8 Å². The van der Waals surface area contributed by atoms with Gasteiger partial charge in [-0.1, -0.05) is 11.6 Å². The van der Waals surface area contributed by atoms with Gasteiger partial charge in [-0.2, -0.15) is 0 Å². The number of carbonyl (C=O) groups excluding carboxylic acids is 3. The largest absolute Gasteiger partial charge is 0.490 e. The normalized spacial score (nSPS) is 14.2. The van der Waals surface area contributed by atoms with Crippen LogP contribution in [0.15, 0.2) is 17.7 Å². The summed E-state index contributed by atoms with van der Waals surface area (Å²) in [6.07, 6.45) is 1.32. The fourth-order valence-corrected chi connectivity index (χ4v) is 2.27. The maximum absolute atomic E-state index is 11.7. The van der Waals surface area contributed by atoms with Crippen LogP contribution >= 0.6 is 11.6 Å². The second-order valence-corrected chi connectivity index (χ2v) is 4.90. The van der Waals surface area contributed by atoms with E-state index >= 15 is 0 Å². The van der Waals surface area contributed by atoms with Crippen molar-refractivity contribution in [3.63, 3.8) is 0 Å². The molecular weight excluding hydrogens is 324 g/mol. The lowest BCUT2D eigenvalue weighted by molar-refractivity contribution is -0.123. The zero-order valence-corrected chi connectivity index (χ0v) is 13.3. The SMILES string of the molecule is CCOc1cc(C=C2C(=O)NC(=O)NC2=O)cc(Cl)c1OCC. The van der Waals surface area contributed by atoms with Crippen molar-refractivity contribution in [3.05, 3.63) is 28.3 Å².